The lowest BCUT2D eigenvalue weighted by Gasteiger charge is -2.20. The monoisotopic (exact) mass is 288 g/mol. The molecular formula is C16H16O5. The lowest BCUT2D eigenvalue weighted by molar-refractivity contribution is -0.118. The Morgan fingerprint density at radius 3 is 2.95 bits per heavy atom. The molecule has 1 aliphatic heterocycles. The number of phenolic OH excluding ortho intramolecular Hbond substituents is 1. The van der Waals surface area contributed by atoms with Crippen LogP contribution in [-0.2, 0) is 9.53 Å². The molecule has 5 heteroatoms. The van der Waals surface area contributed by atoms with E-state index >= 15 is 0 Å². The van der Waals surface area contributed by atoms with Crippen LogP contribution < -0.4 is 4.74 Å². The van der Waals surface area contributed by atoms with Crippen LogP contribution in [0, 0.1) is 5.92 Å². The lowest BCUT2D eigenvalue weighted by atomic mass is 9.85. The Kier molecular flexibility index (Phi) is 2.37. The molecule has 0 amide bonds. The lowest BCUT2D eigenvalue weighted by Crippen LogP contribution is -2.29. The summed E-state index contributed by atoms with van der Waals surface area (Å²) in [6.07, 6.45) is 4.00. The van der Waals surface area contributed by atoms with Crippen LogP contribution in [0.3, 0.4) is 0 Å². The van der Waals surface area contributed by atoms with Crippen LogP contribution in [0.1, 0.15) is 17.9 Å². The molecule has 0 aromatic heterocycles. The summed E-state index contributed by atoms with van der Waals surface area (Å²) in [5.41, 5.74) is -0.442. The van der Waals surface area contributed by atoms with Gasteiger partial charge in [-0.25, -0.2) is 0 Å². The van der Waals surface area contributed by atoms with Gasteiger partial charge in [0.2, 0.25) is 0 Å². The van der Waals surface area contributed by atoms with Gasteiger partial charge in [0.15, 0.2) is 17.3 Å². The topological polar surface area (TPSA) is 79.3 Å². The van der Waals surface area contributed by atoms with Gasteiger partial charge in [0.1, 0.15) is 11.2 Å². The smallest absolute Gasteiger partial charge is 0.161 e. The number of ether oxygens (including phenoxy) is 2. The van der Waals surface area contributed by atoms with Crippen LogP contribution in [0.25, 0.3) is 0 Å². The molecule has 1 spiro atoms. The highest BCUT2D eigenvalue weighted by molar-refractivity contribution is 5.98. The molecule has 3 aliphatic rings. The van der Waals surface area contributed by atoms with Crippen molar-refractivity contribution < 1.29 is 24.5 Å². The number of hydrogen-bond donors (Lipinski definition) is 2. The molecule has 1 aromatic carbocycles. The van der Waals surface area contributed by atoms with Gasteiger partial charge in [0, 0.05) is 5.92 Å². The van der Waals surface area contributed by atoms with E-state index in [1.54, 1.807) is 30.4 Å². The average molecular weight is 288 g/mol. The number of carbonyl (C=O) groups is 1. The van der Waals surface area contributed by atoms with Gasteiger partial charge >= 0.3 is 0 Å². The minimum atomic E-state index is -0.720. The van der Waals surface area contributed by atoms with Gasteiger partial charge in [0.25, 0.3) is 0 Å². The van der Waals surface area contributed by atoms with Crippen molar-refractivity contribution in [2.24, 2.45) is 5.92 Å². The molecule has 5 nitrogen and oxygen atoms in total. The first-order chi connectivity index (χ1) is 10.1. The zero-order chi connectivity index (χ0) is 14.8. The number of phenols is 1. The Balaban J connectivity index is 1.77. The zero-order valence-electron chi connectivity index (χ0n) is 11.6. The van der Waals surface area contributed by atoms with Crippen molar-refractivity contribution >= 4 is 5.78 Å². The SMILES string of the molecule is COc1cc([C@@H]2C[C@H]3C(=O)C=C[C@@]34O[C@@]24CO)ccc1O. The fraction of sp³-hybridized carbons (Fsp3) is 0.438. The number of carbonyl (C=O) groups excluding carboxylic acids is 1. The number of aliphatic hydroxyl groups is 1. The summed E-state index contributed by atoms with van der Waals surface area (Å²) in [5.74, 6) is 0.220. The minimum absolute atomic E-state index is 0.0681. The molecule has 21 heavy (non-hydrogen) atoms. The molecule has 1 saturated heterocycles. The highest BCUT2D eigenvalue weighted by atomic mass is 16.6. The number of hydrogen-bond acceptors (Lipinski definition) is 5. The van der Waals surface area contributed by atoms with E-state index in [-0.39, 0.29) is 30.0 Å². The van der Waals surface area contributed by atoms with E-state index < -0.39 is 11.2 Å². The number of methoxy groups -OCH3 is 1. The standard InChI is InChI=1S/C16H16O5/c1-20-14-6-9(2-3-13(14)19)10-7-11-12(18)4-5-15(11)16(10,8-17)21-15/h2-6,10-11,17,19H,7-8H2,1H3/t10-,11-,15+,16-/m0/s1. The van der Waals surface area contributed by atoms with E-state index in [9.17, 15) is 15.0 Å². The molecule has 2 aliphatic carbocycles. The number of allylic oxidation sites excluding steroid dienone is 1. The Hall–Kier alpha value is -1.85. The maximum absolute atomic E-state index is 12.0. The van der Waals surface area contributed by atoms with Gasteiger partial charge in [-0.05, 0) is 36.3 Å². The van der Waals surface area contributed by atoms with Crippen molar-refractivity contribution in [1.82, 2.24) is 0 Å². The maximum Gasteiger partial charge on any atom is 0.161 e. The second kappa shape index (κ2) is 3.87. The van der Waals surface area contributed by atoms with Crippen molar-refractivity contribution in [1.29, 1.82) is 0 Å². The zero-order valence-corrected chi connectivity index (χ0v) is 11.6. The fourth-order valence-corrected chi connectivity index (χ4v) is 4.11. The molecule has 4 atom stereocenters. The highest BCUT2D eigenvalue weighted by Crippen LogP contribution is 2.70. The van der Waals surface area contributed by atoms with Crippen LogP contribution in [0.5, 0.6) is 11.5 Å². The molecule has 2 fully saturated rings. The van der Waals surface area contributed by atoms with E-state index in [1.807, 2.05) is 0 Å². The van der Waals surface area contributed by atoms with E-state index in [0.717, 1.165) is 5.56 Å². The molecule has 1 heterocycles. The Morgan fingerprint density at radius 1 is 1.43 bits per heavy atom. The Morgan fingerprint density at radius 2 is 2.24 bits per heavy atom. The van der Waals surface area contributed by atoms with E-state index in [4.69, 9.17) is 9.47 Å². The molecule has 1 aromatic rings. The van der Waals surface area contributed by atoms with Crippen molar-refractivity contribution in [2.75, 3.05) is 13.7 Å². The third kappa shape index (κ3) is 1.35. The van der Waals surface area contributed by atoms with Crippen LogP contribution >= 0.6 is 0 Å². The van der Waals surface area contributed by atoms with Crippen molar-refractivity contribution in [3.63, 3.8) is 0 Å². The summed E-state index contributed by atoms with van der Waals surface area (Å²) < 4.78 is 11.0. The fourth-order valence-electron chi connectivity index (χ4n) is 4.11. The predicted octanol–water partition coefficient (Wildman–Crippen LogP) is 1.14. The van der Waals surface area contributed by atoms with Crippen LogP contribution in [0.4, 0.5) is 0 Å². The highest BCUT2D eigenvalue weighted by Gasteiger charge is 2.82. The molecule has 4 rings (SSSR count). The number of aliphatic hydroxyl groups excluding tert-OH is 1. The molecule has 0 unspecified atom stereocenters. The third-order valence-electron chi connectivity index (χ3n) is 5.20. The number of aromatic hydroxyl groups is 1. The summed E-state index contributed by atoms with van der Waals surface area (Å²) in [6, 6.07) is 5.12. The first-order valence-corrected chi connectivity index (χ1v) is 6.99. The first kappa shape index (κ1) is 12.9. The van der Waals surface area contributed by atoms with Crippen LogP contribution in [0.2, 0.25) is 0 Å². The minimum Gasteiger partial charge on any atom is -0.504 e. The number of ketones is 1. The summed E-state index contributed by atoms with van der Waals surface area (Å²) >= 11 is 0. The van der Waals surface area contributed by atoms with Crippen molar-refractivity contribution in [3.05, 3.63) is 35.9 Å². The Bertz CT molecular complexity index is 667. The number of benzene rings is 1. The van der Waals surface area contributed by atoms with Crippen molar-refractivity contribution in [3.8, 4) is 11.5 Å². The normalized spacial score (nSPS) is 39.2. The van der Waals surface area contributed by atoms with Gasteiger partial charge in [-0.1, -0.05) is 6.07 Å². The largest absolute Gasteiger partial charge is 0.504 e. The third-order valence-corrected chi connectivity index (χ3v) is 5.20. The molecule has 110 valence electrons. The summed E-state index contributed by atoms with van der Waals surface area (Å²) in [4.78, 5) is 12.0. The number of epoxide rings is 1. The summed E-state index contributed by atoms with van der Waals surface area (Å²) in [7, 11) is 1.49. The molecule has 0 bridgehead atoms. The molecule has 2 N–H and O–H groups in total. The van der Waals surface area contributed by atoms with Crippen molar-refractivity contribution in [2.45, 2.75) is 23.5 Å². The number of rotatable bonds is 3. The second-order valence-corrected chi connectivity index (χ2v) is 5.95. The van der Waals surface area contributed by atoms with Gasteiger partial charge in [-0.2, -0.15) is 0 Å². The summed E-state index contributed by atoms with van der Waals surface area (Å²) in [5, 5.41) is 19.6. The van der Waals surface area contributed by atoms with E-state index in [2.05, 4.69) is 0 Å². The maximum atomic E-state index is 12.0. The second-order valence-electron chi connectivity index (χ2n) is 5.95. The van der Waals surface area contributed by atoms with E-state index in [0.29, 0.717) is 12.2 Å². The van der Waals surface area contributed by atoms with E-state index in [1.165, 1.54) is 7.11 Å². The molecular weight excluding hydrogens is 272 g/mol. The predicted molar refractivity (Wildman–Crippen MR) is 73.3 cm³/mol. The van der Waals surface area contributed by atoms with Gasteiger partial charge in [-0.3, -0.25) is 4.79 Å². The summed E-state index contributed by atoms with van der Waals surface area (Å²) in [6.45, 7) is -0.130. The van der Waals surface area contributed by atoms with Gasteiger partial charge < -0.3 is 19.7 Å². The van der Waals surface area contributed by atoms with Gasteiger partial charge in [0.05, 0.1) is 19.6 Å². The first-order valence-electron chi connectivity index (χ1n) is 6.99. The molecule has 0 radical (unpaired) electrons. The van der Waals surface area contributed by atoms with Gasteiger partial charge in [-0.15, -0.1) is 0 Å². The average Bonchev–Trinajstić information content (AvgIpc) is 2.92. The van der Waals surface area contributed by atoms with Crippen LogP contribution in [-0.4, -0.2) is 40.9 Å². The Labute approximate surface area is 121 Å². The quantitative estimate of drug-likeness (QED) is 0.815. The molecule has 1 saturated carbocycles. The van der Waals surface area contributed by atoms with Crippen LogP contribution in [0.15, 0.2) is 30.4 Å².